The van der Waals surface area contributed by atoms with Crippen molar-refractivity contribution in [1.29, 1.82) is 0 Å². The van der Waals surface area contributed by atoms with Gasteiger partial charge in [0.05, 0.1) is 19.6 Å². The number of esters is 1. The van der Waals surface area contributed by atoms with Crippen LogP contribution in [0.1, 0.15) is 40.5 Å². The van der Waals surface area contributed by atoms with Gasteiger partial charge in [0.2, 0.25) is 0 Å². The molecule has 0 fully saturated rings. The fourth-order valence-corrected chi connectivity index (χ4v) is 1.78. The smallest absolute Gasteiger partial charge is 0.306 e. The zero-order valence-electron chi connectivity index (χ0n) is 14.2. The largest absolute Gasteiger partial charge is 0.463 e. The van der Waals surface area contributed by atoms with E-state index >= 15 is 0 Å². The Balaban J connectivity index is 4.26. The quantitative estimate of drug-likeness (QED) is 0.190. The zero-order valence-corrected chi connectivity index (χ0v) is 14.2. The fraction of sp³-hybridized carbons (Fsp3) is 0.800. The van der Waals surface area contributed by atoms with Crippen molar-refractivity contribution in [3.8, 4) is 0 Å². The number of hydrogen-bond donors (Lipinski definition) is 0. The monoisotopic (exact) mass is 327 g/mol. The van der Waals surface area contributed by atoms with Crippen molar-refractivity contribution < 1.29 is 23.9 Å². The second-order valence-corrected chi connectivity index (χ2v) is 6.21. The van der Waals surface area contributed by atoms with E-state index in [9.17, 15) is 14.4 Å². The van der Waals surface area contributed by atoms with Crippen LogP contribution in [-0.2, 0) is 23.9 Å². The van der Waals surface area contributed by atoms with E-state index in [1.165, 1.54) is 6.92 Å². The fourth-order valence-electron chi connectivity index (χ4n) is 1.78. The van der Waals surface area contributed by atoms with Crippen LogP contribution < -0.4 is 0 Å². The molecule has 0 N–H and O–H groups in total. The predicted octanol–water partition coefficient (Wildman–Crippen LogP) is 2.46. The molecule has 0 radical (unpaired) electrons. The molecule has 0 amide bonds. The highest BCUT2D eigenvalue weighted by Crippen LogP contribution is 2.23. The number of ether oxygens (including phenoxy) is 2. The van der Waals surface area contributed by atoms with Gasteiger partial charge in [-0.3, -0.25) is 14.4 Å². The normalized spacial score (nSPS) is 12.2. The van der Waals surface area contributed by atoms with Gasteiger partial charge in [-0.15, -0.1) is 0 Å². The van der Waals surface area contributed by atoms with Crippen LogP contribution in [0.3, 0.4) is 0 Å². The summed E-state index contributed by atoms with van der Waals surface area (Å²) in [6.45, 7) is 7.15. The summed E-state index contributed by atoms with van der Waals surface area (Å²) in [5.74, 6) is -1.36. The van der Waals surface area contributed by atoms with Crippen LogP contribution >= 0.6 is 0 Å². The Kier molecular flexibility index (Phi) is 9.85. The van der Waals surface area contributed by atoms with Gasteiger partial charge < -0.3 is 9.47 Å². The Hall–Kier alpha value is -1.92. The van der Waals surface area contributed by atoms with Crippen LogP contribution in [0.5, 0.6) is 0 Å². The third-order valence-corrected chi connectivity index (χ3v) is 2.98. The molecule has 1 unspecified atom stereocenters. The zero-order chi connectivity index (χ0) is 17.9. The van der Waals surface area contributed by atoms with Crippen LogP contribution in [0.15, 0.2) is 5.11 Å². The topological polar surface area (TPSA) is 118 Å². The Bertz CT molecular complexity index is 464. The first-order valence-corrected chi connectivity index (χ1v) is 7.46. The highest BCUT2D eigenvalue weighted by atomic mass is 16.6. The average molecular weight is 327 g/mol. The lowest BCUT2D eigenvalue weighted by Gasteiger charge is -2.22. The molecular formula is C15H25N3O5. The summed E-state index contributed by atoms with van der Waals surface area (Å²) in [6.07, 6.45) is 0.185. The minimum Gasteiger partial charge on any atom is -0.463 e. The molecule has 0 rings (SSSR count). The maximum atomic E-state index is 12.2. The van der Waals surface area contributed by atoms with Crippen molar-refractivity contribution in [2.24, 2.45) is 16.4 Å². The van der Waals surface area contributed by atoms with Gasteiger partial charge in [-0.25, -0.2) is 0 Å². The first kappa shape index (κ1) is 21.1. The Morgan fingerprint density at radius 2 is 1.83 bits per heavy atom. The van der Waals surface area contributed by atoms with Crippen LogP contribution in [0.4, 0.5) is 0 Å². The molecular weight excluding hydrogens is 302 g/mol. The second kappa shape index (κ2) is 10.7. The third-order valence-electron chi connectivity index (χ3n) is 2.98. The van der Waals surface area contributed by atoms with Crippen molar-refractivity contribution in [2.75, 3.05) is 26.4 Å². The number of ketones is 2. The van der Waals surface area contributed by atoms with Gasteiger partial charge in [-0.05, 0) is 12.5 Å². The molecule has 1 atom stereocenters. The van der Waals surface area contributed by atoms with E-state index in [2.05, 4.69) is 10.0 Å². The first-order valence-electron chi connectivity index (χ1n) is 7.46. The van der Waals surface area contributed by atoms with Crippen molar-refractivity contribution in [1.82, 2.24) is 0 Å². The van der Waals surface area contributed by atoms with Crippen molar-refractivity contribution >= 4 is 17.5 Å². The van der Waals surface area contributed by atoms with E-state index in [4.69, 9.17) is 15.0 Å². The third kappa shape index (κ3) is 10.4. The summed E-state index contributed by atoms with van der Waals surface area (Å²) < 4.78 is 10.1. The maximum absolute atomic E-state index is 12.2. The van der Waals surface area contributed by atoms with Crippen LogP contribution in [0.2, 0.25) is 0 Å². The summed E-state index contributed by atoms with van der Waals surface area (Å²) in [6, 6.07) is 0. The Labute approximate surface area is 136 Å². The minimum atomic E-state index is -0.697. The molecule has 23 heavy (non-hydrogen) atoms. The molecule has 0 aromatic carbocycles. The lowest BCUT2D eigenvalue weighted by molar-refractivity contribution is -0.149. The van der Waals surface area contributed by atoms with Crippen molar-refractivity contribution in [3.63, 3.8) is 0 Å². The highest BCUT2D eigenvalue weighted by molar-refractivity contribution is 5.89. The molecule has 8 nitrogen and oxygen atoms in total. The lowest BCUT2D eigenvalue weighted by atomic mass is 9.81. The summed E-state index contributed by atoms with van der Waals surface area (Å²) >= 11 is 0. The lowest BCUT2D eigenvalue weighted by Crippen LogP contribution is -2.32. The van der Waals surface area contributed by atoms with Crippen LogP contribution in [0.25, 0.3) is 10.4 Å². The van der Waals surface area contributed by atoms with Crippen molar-refractivity contribution in [3.05, 3.63) is 10.4 Å². The Morgan fingerprint density at radius 3 is 2.35 bits per heavy atom. The highest BCUT2D eigenvalue weighted by Gasteiger charge is 2.31. The molecule has 0 spiro atoms. The summed E-state index contributed by atoms with van der Waals surface area (Å²) in [5, 5.41) is 3.39. The average Bonchev–Trinajstić information content (AvgIpc) is 2.45. The number of hydrogen-bond acceptors (Lipinski definition) is 6. The Morgan fingerprint density at radius 1 is 1.17 bits per heavy atom. The maximum Gasteiger partial charge on any atom is 0.306 e. The molecule has 8 heteroatoms. The van der Waals surface area contributed by atoms with Gasteiger partial charge in [0.1, 0.15) is 18.2 Å². The number of Topliss-reactive ketones (excluding diaryl/α,β-unsaturated/α-hetero) is 2. The SMILES string of the molecule is CC(=O)CCOCCOC(=O)CC(CN=[N+]=[N-])C(=O)C(C)(C)C. The number of nitrogens with zero attached hydrogens (tertiary/aromatic N) is 3. The van der Waals surface area contributed by atoms with E-state index in [1.807, 2.05) is 0 Å². The molecule has 0 saturated carbocycles. The van der Waals surface area contributed by atoms with Gasteiger partial charge in [-0.1, -0.05) is 25.9 Å². The molecule has 0 aliphatic rings. The van der Waals surface area contributed by atoms with Crippen molar-refractivity contribution in [2.45, 2.75) is 40.5 Å². The summed E-state index contributed by atoms with van der Waals surface area (Å²) in [5.41, 5.74) is 7.75. The molecule has 0 bridgehead atoms. The van der Waals surface area contributed by atoms with E-state index in [0.717, 1.165) is 0 Å². The van der Waals surface area contributed by atoms with E-state index < -0.39 is 17.3 Å². The standard InChI is InChI=1S/C15H25N3O5/c1-11(19)5-6-22-7-8-23-13(20)9-12(10-17-18-16)14(21)15(2,3)4/h12H,5-10H2,1-4H3. The van der Waals surface area contributed by atoms with E-state index in [1.54, 1.807) is 20.8 Å². The molecule has 0 aliphatic heterocycles. The molecule has 130 valence electrons. The van der Waals surface area contributed by atoms with E-state index in [-0.39, 0.29) is 44.4 Å². The summed E-state index contributed by atoms with van der Waals surface area (Å²) in [7, 11) is 0. The van der Waals surface area contributed by atoms with E-state index in [0.29, 0.717) is 6.42 Å². The minimum absolute atomic E-state index is 0.0311. The second-order valence-electron chi connectivity index (χ2n) is 6.21. The molecule has 0 heterocycles. The predicted molar refractivity (Wildman–Crippen MR) is 83.7 cm³/mol. The summed E-state index contributed by atoms with van der Waals surface area (Å²) in [4.78, 5) is 37.3. The molecule has 0 aromatic rings. The number of carbonyl (C=O) groups is 3. The van der Waals surface area contributed by atoms with Crippen LogP contribution in [0, 0.1) is 11.3 Å². The molecule has 0 aliphatic carbocycles. The van der Waals surface area contributed by atoms with Gasteiger partial charge in [-0.2, -0.15) is 0 Å². The number of rotatable bonds is 11. The molecule has 0 aromatic heterocycles. The van der Waals surface area contributed by atoms with Gasteiger partial charge in [0, 0.05) is 29.2 Å². The first-order chi connectivity index (χ1) is 10.7. The van der Waals surface area contributed by atoms with Gasteiger partial charge in [0.25, 0.3) is 0 Å². The number of azide groups is 1. The number of carbonyl (C=O) groups excluding carboxylic acids is 3. The van der Waals surface area contributed by atoms with Crippen LogP contribution in [-0.4, -0.2) is 43.9 Å². The molecule has 0 saturated heterocycles. The van der Waals surface area contributed by atoms with Gasteiger partial charge >= 0.3 is 5.97 Å². The van der Waals surface area contributed by atoms with Gasteiger partial charge in [0.15, 0.2) is 0 Å².